The lowest BCUT2D eigenvalue weighted by Crippen LogP contribution is -2.60. The van der Waals surface area contributed by atoms with Gasteiger partial charge in [-0.1, -0.05) is 18.6 Å². The fraction of sp³-hybridized carbons (Fsp3) is 0.684. The van der Waals surface area contributed by atoms with Gasteiger partial charge in [0.25, 0.3) is 0 Å². The molecule has 3 atom stereocenters. The molecule has 1 saturated carbocycles. The van der Waals surface area contributed by atoms with E-state index in [4.69, 9.17) is 14.3 Å². The van der Waals surface area contributed by atoms with Gasteiger partial charge < -0.3 is 9.47 Å². The Labute approximate surface area is 141 Å². The van der Waals surface area contributed by atoms with E-state index in [0.717, 1.165) is 31.2 Å². The molecule has 1 aliphatic carbocycles. The van der Waals surface area contributed by atoms with Crippen LogP contribution >= 0.6 is 0 Å². The first-order chi connectivity index (χ1) is 11.7. The number of fused-ring (bicyclic) bond motifs is 3. The van der Waals surface area contributed by atoms with Gasteiger partial charge in [0.2, 0.25) is 0 Å². The number of hydrogen-bond acceptors (Lipinski definition) is 4. The maximum Gasteiger partial charge on any atom is 0.168 e. The molecule has 4 aliphatic rings. The van der Waals surface area contributed by atoms with Gasteiger partial charge in [-0.15, -0.1) is 0 Å². The fourth-order valence-electron chi connectivity index (χ4n) is 4.89. The Morgan fingerprint density at radius 3 is 2.38 bits per heavy atom. The zero-order valence-corrected chi connectivity index (χ0v) is 13.9. The Morgan fingerprint density at radius 1 is 1.00 bits per heavy atom. The maximum absolute atomic E-state index is 13.2. The average Bonchev–Trinajstić information content (AvgIpc) is 3.18. The third-order valence-corrected chi connectivity index (χ3v) is 6.18. The van der Waals surface area contributed by atoms with Crippen molar-refractivity contribution in [1.82, 2.24) is 5.06 Å². The molecule has 3 heterocycles. The van der Waals surface area contributed by atoms with Crippen molar-refractivity contribution in [2.24, 2.45) is 0 Å². The molecule has 3 saturated heterocycles. The zero-order valence-electron chi connectivity index (χ0n) is 13.9. The third kappa shape index (κ3) is 2.33. The van der Waals surface area contributed by atoms with Gasteiger partial charge in [-0.25, -0.2) is 4.39 Å². The predicted octanol–water partition coefficient (Wildman–Crippen LogP) is 3.72. The Morgan fingerprint density at radius 2 is 1.71 bits per heavy atom. The highest BCUT2D eigenvalue weighted by Gasteiger charge is 2.59. The molecular formula is C19H24FNO3. The van der Waals surface area contributed by atoms with Crippen molar-refractivity contribution < 1.29 is 18.7 Å². The normalized spacial score (nSPS) is 36.5. The smallest absolute Gasteiger partial charge is 0.168 e. The molecule has 0 N–H and O–H groups in total. The van der Waals surface area contributed by atoms with Crippen molar-refractivity contribution in [3.8, 4) is 0 Å². The first-order valence-electron chi connectivity index (χ1n) is 9.18. The van der Waals surface area contributed by atoms with E-state index in [2.05, 4.69) is 5.06 Å². The molecule has 5 heteroatoms. The van der Waals surface area contributed by atoms with E-state index < -0.39 is 0 Å². The number of rotatable bonds is 1. The Kier molecular flexibility index (Phi) is 3.49. The van der Waals surface area contributed by atoms with Gasteiger partial charge >= 0.3 is 0 Å². The molecule has 130 valence electrons. The average molecular weight is 333 g/mol. The van der Waals surface area contributed by atoms with E-state index >= 15 is 0 Å². The van der Waals surface area contributed by atoms with Crippen molar-refractivity contribution in [3.63, 3.8) is 0 Å². The van der Waals surface area contributed by atoms with Crippen molar-refractivity contribution in [3.05, 3.63) is 35.6 Å². The van der Waals surface area contributed by atoms with E-state index in [1.165, 1.54) is 31.4 Å². The van der Waals surface area contributed by atoms with Crippen molar-refractivity contribution >= 4 is 0 Å². The maximum atomic E-state index is 13.2. The van der Waals surface area contributed by atoms with Crippen LogP contribution in [0.5, 0.6) is 0 Å². The van der Waals surface area contributed by atoms with Crippen LogP contribution in [0, 0.1) is 5.82 Å². The van der Waals surface area contributed by atoms with Gasteiger partial charge in [-0.3, -0.25) is 4.84 Å². The van der Waals surface area contributed by atoms with E-state index in [-0.39, 0.29) is 29.3 Å². The third-order valence-electron chi connectivity index (χ3n) is 6.18. The topological polar surface area (TPSA) is 30.9 Å². The van der Waals surface area contributed by atoms with Crippen molar-refractivity contribution in [2.75, 3.05) is 13.2 Å². The molecule has 4 fully saturated rings. The molecule has 0 aromatic heterocycles. The number of halogens is 1. The van der Waals surface area contributed by atoms with Gasteiger partial charge in [-0.2, -0.15) is 5.06 Å². The number of piperidine rings is 1. The summed E-state index contributed by atoms with van der Waals surface area (Å²) in [6, 6.07) is 6.95. The quantitative estimate of drug-likeness (QED) is 0.784. The molecule has 1 aromatic rings. The van der Waals surface area contributed by atoms with Gasteiger partial charge in [0.15, 0.2) is 5.79 Å². The minimum atomic E-state index is -0.349. The largest absolute Gasteiger partial charge is 0.348 e. The lowest BCUT2D eigenvalue weighted by atomic mass is 9.83. The van der Waals surface area contributed by atoms with Crippen LogP contribution in [0.3, 0.4) is 0 Å². The monoisotopic (exact) mass is 333 g/mol. The molecule has 0 radical (unpaired) electrons. The summed E-state index contributed by atoms with van der Waals surface area (Å²) in [6.45, 7) is 1.34. The summed E-state index contributed by atoms with van der Waals surface area (Å²) in [5.74, 6) is -0.547. The highest BCUT2D eigenvalue weighted by molar-refractivity contribution is 5.23. The van der Waals surface area contributed by atoms with Crippen LogP contribution in [0.1, 0.15) is 56.6 Å². The minimum Gasteiger partial charge on any atom is -0.348 e. The second-order valence-electron chi connectivity index (χ2n) is 7.83. The fourth-order valence-corrected chi connectivity index (χ4v) is 4.89. The van der Waals surface area contributed by atoms with Crippen LogP contribution < -0.4 is 0 Å². The lowest BCUT2D eigenvalue weighted by molar-refractivity contribution is -0.334. The van der Waals surface area contributed by atoms with Gasteiger partial charge in [0, 0.05) is 19.3 Å². The van der Waals surface area contributed by atoms with E-state index in [1.54, 1.807) is 0 Å². The minimum absolute atomic E-state index is 0.164. The molecule has 24 heavy (non-hydrogen) atoms. The summed E-state index contributed by atoms with van der Waals surface area (Å²) < 4.78 is 25.8. The van der Waals surface area contributed by atoms with Crippen LogP contribution in [0.25, 0.3) is 0 Å². The standard InChI is InChI=1S/C19H24FNO3/c20-15-6-4-14(5-7-15)17-10-16-11-18(21(17)24-16)12-22-19(23-13-18)8-2-1-3-9-19/h4-7,16-17H,1-3,8-13H2/t16-,17-/m0/s1. The molecule has 0 amide bonds. The summed E-state index contributed by atoms with van der Waals surface area (Å²) in [5, 5.41) is 2.10. The number of ether oxygens (including phenoxy) is 2. The summed E-state index contributed by atoms with van der Waals surface area (Å²) >= 11 is 0. The molecule has 3 aliphatic heterocycles. The molecular weight excluding hydrogens is 309 g/mol. The summed E-state index contributed by atoms with van der Waals surface area (Å²) in [7, 11) is 0. The lowest BCUT2D eigenvalue weighted by Gasteiger charge is -2.50. The molecule has 2 spiro atoms. The summed E-state index contributed by atoms with van der Waals surface area (Å²) in [6.07, 6.45) is 7.81. The Bertz CT molecular complexity index is 604. The van der Waals surface area contributed by atoms with Crippen LogP contribution in [-0.2, 0) is 14.3 Å². The highest BCUT2D eigenvalue weighted by Crippen LogP contribution is 2.52. The highest BCUT2D eigenvalue weighted by atomic mass is 19.1. The second-order valence-corrected chi connectivity index (χ2v) is 7.83. The second kappa shape index (κ2) is 5.49. The van der Waals surface area contributed by atoms with E-state index in [0.29, 0.717) is 13.2 Å². The Balaban J connectivity index is 1.35. The van der Waals surface area contributed by atoms with Gasteiger partial charge in [-0.05, 0) is 37.0 Å². The summed E-state index contributed by atoms with van der Waals surface area (Å²) in [5.41, 5.74) is 0.918. The number of hydrogen-bond donors (Lipinski definition) is 0. The number of hydroxylamine groups is 2. The van der Waals surface area contributed by atoms with Crippen LogP contribution in [-0.4, -0.2) is 35.7 Å². The van der Waals surface area contributed by atoms with Crippen LogP contribution in [0.2, 0.25) is 0 Å². The van der Waals surface area contributed by atoms with Gasteiger partial charge in [0.05, 0.1) is 30.9 Å². The Hall–Kier alpha value is -1.01. The number of nitrogens with zero attached hydrogens (tertiary/aromatic N) is 1. The zero-order chi connectivity index (χ0) is 16.2. The van der Waals surface area contributed by atoms with Crippen LogP contribution in [0.15, 0.2) is 24.3 Å². The van der Waals surface area contributed by atoms with Crippen LogP contribution in [0.4, 0.5) is 4.39 Å². The molecule has 1 unspecified atom stereocenters. The molecule has 1 aromatic carbocycles. The van der Waals surface area contributed by atoms with Gasteiger partial charge in [0.1, 0.15) is 5.82 Å². The summed E-state index contributed by atoms with van der Waals surface area (Å²) in [4.78, 5) is 6.12. The first kappa shape index (κ1) is 15.3. The number of benzene rings is 1. The SMILES string of the molecule is Fc1ccc([C@@H]2C[C@H]3CC4(COC5(CCCCC5)OC4)N2O3)cc1. The molecule has 4 nitrogen and oxygen atoms in total. The molecule has 5 rings (SSSR count). The van der Waals surface area contributed by atoms with E-state index in [1.807, 2.05) is 12.1 Å². The predicted molar refractivity (Wildman–Crippen MR) is 85.5 cm³/mol. The van der Waals surface area contributed by atoms with E-state index in [9.17, 15) is 4.39 Å². The first-order valence-corrected chi connectivity index (χ1v) is 9.18. The van der Waals surface area contributed by atoms with Crippen molar-refractivity contribution in [2.45, 2.75) is 68.4 Å². The van der Waals surface area contributed by atoms with Crippen molar-refractivity contribution in [1.29, 1.82) is 0 Å². The molecule has 2 bridgehead atoms.